The van der Waals surface area contributed by atoms with Crippen LogP contribution in [0.15, 0.2) is 11.1 Å². The Morgan fingerprint density at radius 3 is 3.00 bits per heavy atom. The van der Waals surface area contributed by atoms with Crippen molar-refractivity contribution in [2.75, 3.05) is 19.5 Å². The van der Waals surface area contributed by atoms with Crippen molar-refractivity contribution in [3.63, 3.8) is 0 Å². The Labute approximate surface area is 114 Å². The number of rotatable bonds is 6. The van der Waals surface area contributed by atoms with Gasteiger partial charge in [-0.05, 0) is 43.2 Å². The first-order valence-corrected chi connectivity index (χ1v) is 7.67. The molecule has 0 saturated carbocycles. The van der Waals surface area contributed by atoms with Crippen LogP contribution in [0.25, 0.3) is 0 Å². The summed E-state index contributed by atoms with van der Waals surface area (Å²) in [5.74, 6) is 1.05. The third-order valence-electron chi connectivity index (χ3n) is 3.29. The Morgan fingerprint density at radius 1 is 1.39 bits per heavy atom. The average molecular weight is 266 g/mol. The normalized spacial score (nSPS) is 14.6. The third kappa shape index (κ3) is 3.46. The SMILES string of the molecule is COCCCSc1nc2c(cc1CN)CCCC2. The van der Waals surface area contributed by atoms with Gasteiger partial charge in [0.1, 0.15) is 5.03 Å². The highest BCUT2D eigenvalue weighted by Crippen LogP contribution is 2.27. The third-order valence-corrected chi connectivity index (χ3v) is 4.41. The molecule has 0 aromatic carbocycles. The molecule has 18 heavy (non-hydrogen) atoms. The Bertz CT molecular complexity index is 396. The van der Waals surface area contributed by atoms with E-state index in [-0.39, 0.29) is 0 Å². The van der Waals surface area contributed by atoms with E-state index in [1.165, 1.54) is 36.1 Å². The molecular weight excluding hydrogens is 244 g/mol. The molecule has 0 radical (unpaired) electrons. The lowest BCUT2D eigenvalue weighted by atomic mass is 9.95. The summed E-state index contributed by atoms with van der Waals surface area (Å²) in [5.41, 5.74) is 9.76. The van der Waals surface area contributed by atoms with Crippen molar-refractivity contribution in [3.8, 4) is 0 Å². The van der Waals surface area contributed by atoms with E-state index in [4.69, 9.17) is 15.5 Å². The van der Waals surface area contributed by atoms with Gasteiger partial charge in [-0.2, -0.15) is 0 Å². The molecule has 4 heteroatoms. The van der Waals surface area contributed by atoms with Crippen molar-refractivity contribution in [3.05, 3.63) is 22.9 Å². The van der Waals surface area contributed by atoms with E-state index < -0.39 is 0 Å². The molecule has 0 fully saturated rings. The molecule has 2 rings (SSSR count). The van der Waals surface area contributed by atoms with E-state index in [1.807, 2.05) is 11.8 Å². The molecule has 0 aliphatic heterocycles. The molecule has 1 aliphatic rings. The smallest absolute Gasteiger partial charge is 0.101 e. The fourth-order valence-corrected chi connectivity index (χ4v) is 3.26. The minimum atomic E-state index is 0.590. The van der Waals surface area contributed by atoms with E-state index in [2.05, 4.69) is 6.07 Å². The standard InChI is InChI=1S/C14H22N2OS/c1-17-7-4-8-18-14-12(10-15)9-11-5-2-3-6-13(11)16-14/h9H,2-8,10,15H2,1H3. The Kier molecular flexibility index (Phi) is 5.47. The van der Waals surface area contributed by atoms with Crippen LogP contribution in [0.2, 0.25) is 0 Å². The molecule has 1 heterocycles. The molecule has 0 spiro atoms. The Balaban J connectivity index is 2.07. The lowest BCUT2D eigenvalue weighted by Crippen LogP contribution is -2.10. The van der Waals surface area contributed by atoms with E-state index in [1.54, 1.807) is 7.11 Å². The number of methoxy groups -OCH3 is 1. The van der Waals surface area contributed by atoms with Gasteiger partial charge in [0.25, 0.3) is 0 Å². The highest BCUT2D eigenvalue weighted by atomic mass is 32.2. The highest BCUT2D eigenvalue weighted by Gasteiger charge is 2.14. The van der Waals surface area contributed by atoms with Crippen LogP contribution in [-0.4, -0.2) is 24.5 Å². The van der Waals surface area contributed by atoms with Gasteiger partial charge < -0.3 is 10.5 Å². The molecule has 2 N–H and O–H groups in total. The minimum Gasteiger partial charge on any atom is -0.385 e. The summed E-state index contributed by atoms with van der Waals surface area (Å²) < 4.78 is 5.07. The topological polar surface area (TPSA) is 48.1 Å². The van der Waals surface area contributed by atoms with Gasteiger partial charge in [-0.1, -0.05) is 6.07 Å². The van der Waals surface area contributed by atoms with Gasteiger partial charge in [0.15, 0.2) is 0 Å². The molecule has 100 valence electrons. The number of nitrogens with zero attached hydrogens (tertiary/aromatic N) is 1. The van der Waals surface area contributed by atoms with Crippen LogP contribution in [0, 0.1) is 0 Å². The fraction of sp³-hybridized carbons (Fsp3) is 0.643. The summed E-state index contributed by atoms with van der Waals surface area (Å²) in [4.78, 5) is 4.82. The van der Waals surface area contributed by atoms with Crippen molar-refractivity contribution in [2.45, 2.75) is 43.7 Å². The largest absolute Gasteiger partial charge is 0.385 e. The average Bonchev–Trinajstić information content (AvgIpc) is 2.42. The van der Waals surface area contributed by atoms with Gasteiger partial charge in [-0.25, -0.2) is 4.98 Å². The predicted octanol–water partition coefficient (Wildman–Crippen LogP) is 2.55. The van der Waals surface area contributed by atoms with Gasteiger partial charge in [-0.15, -0.1) is 11.8 Å². The van der Waals surface area contributed by atoms with E-state index in [0.29, 0.717) is 6.54 Å². The van der Waals surface area contributed by atoms with Gasteiger partial charge in [0.2, 0.25) is 0 Å². The zero-order valence-corrected chi connectivity index (χ0v) is 11.9. The van der Waals surface area contributed by atoms with Crippen LogP contribution in [0.3, 0.4) is 0 Å². The molecule has 0 atom stereocenters. The molecule has 0 bridgehead atoms. The molecule has 0 amide bonds. The Hall–Kier alpha value is -0.580. The zero-order valence-electron chi connectivity index (χ0n) is 11.1. The van der Waals surface area contributed by atoms with Crippen LogP contribution in [-0.2, 0) is 24.1 Å². The minimum absolute atomic E-state index is 0.590. The van der Waals surface area contributed by atoms with Gasteiger partial charge in [0, 0.05) is 31.7 Å². The van der Waals surface area contributed by atoms with Crippen LogP contribution in [0.5, 0.6) is 0 Å². The van der Waals surface area contributed by atoms with Crippen molar-refractivity contribution >= 4 is 11.8 Å². The van der Waals surface area contributed by atoms with Gasteiger partial charge in [-0.3, -0.25) is 0 Å². The zero-order chi connectivity index (χ0) is 12.8. The van der Waals surface area contributed by atoms with Crippen LogP contribution >= 0.6 is 11.8 Å². The number of aryl methyl sites for hydroxylation is 2. The van der Waals surface area contributed by atoms with Crippen LogP contribution < -0.4 is 5.73 Å². The van der Waals surface area contributed by atoms with Crippen molar-refractivity contribution in [2.24, 2.45) is 5.73 Å². The molecule has 1 aliphatic carbocycles. The summed E-state index contributed by atoms with van der Waals surface area (Å²) in [6.45, 7) is 1.41. The molecule has 0 saturated heterocycles. The lowest BCUT2D eigenvalue weighted by molar-refractivity contribution is 0.200. The van der Waals surface area contributed by atoms with Gasteiger partial charge >= 0.3 is 0 Å². The summed E-state index contributed by atoms with van der Waals surface area (Å²) in [6.07, 6.45) is 5.93. The number of ether oxygens (including phenoxy) is 1. The summed E-state index contributed by atoms with van der Waals surface area (Å²) in [7, 11) is 1.74. The summed E-state index contributed by atoms with van der Waals surface area (Å²) in [5, 5.41) is 1.13. The first kappa shape index (κ1) is 13.8. The number of pyridine rings is 1. The molecule has 1 aromatic heterocycles. The second kappa shape index (κ2) is 7.12. The molecule has 3 nitrogen and oxygen atoms in total. The number of hydrogen-bond donors (Lipinski definition) is 1. The number of aromatic nitrogens is 1. The maximum absolute atomic E-state index is 5.84. The number of thioether (sulfide) groups is 1. The van der Waals surface area contributed by atoms with Crippen molar-refractivity contribution in [1.29, 1.82) is 0 Å². The Morgan fingerprint density at radius 2 is 2.22 bits per heavy atom. The maximum Gasteiger partial charge on any atom is 0.101 e. The van der Waals surface area contributed by atoms with E-state index >= 15 is 0 Å². The number of nitrogens with two attached hydrogens (primary N) is 1. The summed E-state index contributed by atoms with van der Waals surface area (Å²) in [6, 6.07) is 2.28. The van der Waals surface area contributed by atoms with E-state index in [0.717, 1.165) is 30.2 Å². The molecule has 0 unspecified atom stereocenters. The quantitative estimate of drug-likeness (QED) is 0.635. The van der Waals surface area contributed by atoms with Crippen molar-refractivity contribution < 1.29 is 4.74 Å². The molecule has 1 aromatic rings. The lowest BCUT2D eigenvalue weighted by Gasteiger charge is -2.18. The van der Waals surface area contributed by atoms with Crippen LogP contribution in [0.4, 0.5) is 0 Å². The van der Waals surface area contributed by atoms with E-state index in [9.17, 15) is 0 Å². The van der Waals surface area contributed by atoms with Crippen molar-refractivity contribution in [1.82, 2.24) is 4.98 Å². The summed E-state index contributed by atoms with van der Waals surface area (Å²) >= 11 is 1.81. The second-order valence-electron chi connectivity index (χ2n) is 4.66. The first-order valence-electron chi connectivity index (χ1n) is 6.68. The number of fused-ring (bicyclic) bond motifs is 1. The van der Waals surface area contributed by atoms with Crippen LogP contribution in [0.1, 0.15) is 36.1 Å². The maximum atomic E-state index is 5.84. The molecular formula is C14H22N2OS. The highest BCUT2D eigenvalue weighted by molar-refractivity contribution is 7.99. The fourth-order valence-electron chi connectivity index (χ4n) is 2.31. The predicted molar refractivity (Wildman–Crippen MR) is 76.0 cm³/mol. The van der Waals surface area contributed by atoms with Gasteiger partial charge in [0.05, 0.1) is 0 Å². The first-order chi connectivity index (χ1) is 8.85. The number of hydrogen-bond acceptors (Lipinski definition) is 4. The monoisotopic (exact) mass is 266 g/mol. The second-order valence-corrected chi connectivity index (χ2v) is 5.75.